The van der Waals surface area contributed by atoms with Crippen molar-refractivity contribution < 1.29 is 23.8 Å². The number of hydrogen-bond acceptors (Lipinski definition) is 6. The monoisotopic (exact) mass is 354 g/mol. The Hall–Kier alpha value is -2.09. The highest BCUT2D eigenvalue weighted by molar-refractivity contribution is 7.99. The van der Waals surface area contributed by atoms with Crippen molar-refractivity contribution in [2.75, 3.05) is 39.7 Å². The van der Waals surface area contributed by atoms with Gasteiger partial charge in [0.15, 0.2) is 0 Å². The number of methoxy groups -OCH3 is 2. The smallest absolute Gasteiger partial charge is 0.325 e. The zero-order chi connectivity index (χ0) is 17.5. The van der Waals surface area contributed by atoms with Crippen molar-refractivity contribution in [3.63, 3.8) is 0 Å². The minimum atomic E-state index is -0.447. The number of benzene rings is 1. The van der Waals surface area contributed by atoms with Gasteiger partial charge in [0.25, 0.3) is 0 Å². The first kappa shape index (κ1) is 18.3. The van der Waals surface area contributed by atoms with Crippen LogP contribution in [0.2, 0.25) is 0 Å². The second-order valence-corrected chi connectivity index (χ2v) is 6.21. The Morgan fingerprint density at radius 3 is 2.50 bits per heavy atom. The van der Waals surface area contributed by atoms with Crippen molar-refractivity contribution in [2.24, 2.45) is 0 Å². The van der Waals surface area contributed by atoms with Gasteiger partial charge in [0.05, 0.1) is 20.8 Å². The predicted octanol–water partition coefficient (Wildman–Crippen LogP) is 2.02. The van der Waals surface area contributed by atoms with Gasteiger partial charge in [-0.1, -0.05) is 0 Å². The lowest BCUT2D eigenvalue weighted by Crippen LogP contribution is -2.41. The number of urea groups is 1. The number of nitrogens with one attached hydrogen (secondary N) is 1. The Labute approximate surface area is 145 Å². The van der Waals surface area contributed by atoms with Gasteiger partial charge in [-0.15, -0.1) is 11.8 Å². The highest BCUT2D eigenvalue weighted by Crippen LogP contribution is 2.40. The van der Waals surface area contributed by atoms with Gasteiger partial charge in [0.1, 0.15) is 23.4 Å². The van der Waals surface area contributed by atoms with Gasteiger partial charge in [-0.3, -0.25) is 4.79 Å². The standard InChI is InChI=1S/C16H22N2O5S/c1-4-23-14(19)10-17-16(20)18-5-6-24-15(18)11-7-12(21-2)9-13(8-11)22-3/h7-9,15H,4-6,10H2,1-3H3,(H,17,20)/t15-/m0/s1. The molecule has 1 atom stereocenters. The quantitative estimate of drug-likeness (QED) is 0.788. The second-order valence-electron chi connectivity index (χ2n) is 5.03. The van der Waals surface area contributed by atoms with Crippen molar-refractivity contribution in [1.82, 2.24) is 10.2 Å². The molecule has 1 heterocycles. The molecule has 1 fully saturated rings. The number of hydrogen-bond donors (Lipinski definition) is 1. The molecular formula is C16H22N2O5S. The summed E-state index contributed by atoms with van der Waals surface area (Å²) in [4.78, 5) is 25.5. The van der Waals surface area contributed by atoms with Crippen molar-refractivity contribution >= 4 is 23.8 Å². The minimum absolute atomic E-state index is 0.137. The fourth-order valence-electron chi connectivity index (χ4n) is 2.39. The van der Waals surface area contributed by atoms with Gasteiger partial charge in [0.2, 0.25) is 0 Å². The van der Waals surface area contributed by atoms with Crippen LogP contribution in [0.3, 0.4) is 0 Å². The summed E-state index contributed by atoms with van der Waals surface area (Å²) in [7, 11) is 3.17. The lowest BCUT2D eigenvalue weighted by atomic mass is 10.2. The molecule has 0 radical (unpaired) electrons. The van der Waals surface area contributed by atoms with E-state index < -0.39 is 5.97 Å². The van der Waals surface area contributed by atoms with Crippen LogP contribution in [0.25, 0.3) is 0 Å². The lowest BCUT2D eigenvalue weighted by molar-refractivity contribution is -0.141. The summed E-state index contributed by atoms with van der Waals surface area (Å²) in [5, 5.41) is 2.45. The topological polar surface area (TPSA) is 77.1 Å². The highest BCUT2D eigenvalue weighted by Gasteiger charge is 2.31. The van der Waals surface area contributed by atoms with Gasteiger partial charge in [-0.05, 0) is 24.6 Å². The third kappa shape index (κ3) is 4.47. The number of amides is 2. The van der Waals surface area contributed by atoms with E-state index >= 15 is 0 Å². The summed E-state index contributed by atoms with van der Waals surface area (Å²) >= 11 is 1.65. The minimum Gasteiger partial charge on any atom is -0.497 e. The largest absolute Gasteiger partial charge is 0.497 e. The van der Waals surface area contributed by atoms with E-state index in [-0.39, 0.29) is 17.9 Å². The van der Waals surface area contributed by atoms with Crippen molar-refractivity contribution in [2.45, 2.75) is 12.3 Å². The normalized spacial score (nSPS) is 16.6. The van der Waals surface area contributed by atoms with Gasteiger partial charge in [-0.2, -0.15) is 0 Å². The van der Waals surface area contributed by atoms with Crippen LogP contribution in [0.4, 0.5) is 4.79 Å². The Morgan fingerprint density at radius 1 is 1.25 bits per heavy atom. The molecule has 2 amide bonds. The Kier molecular flexibility index (Phi) is 6.60. The first-order chi connectivity index (χ1) is 11.6. The Morgan fingerprint density at radius 2 is 1.92 bits per heavy atom. The predicted molar refractivity (Wildman–Crippen MR) is 91.5 cm³/mol. The van der Waals surface area contributed by atoms with E-state index in [4.69, 9.17) is 14.2 Å². The van der Waals surface area contributed by atoms with Crippen molar-refractivity contribution in [3.8, 4) is 11.5 Å². The average Bonchev–Trinajstić information content (AvgIpc) is 3.09. The number of carbonyl (C=O) groups excluding carboxylic acids is 2. The summed E-state index contributed by atoms with van der Waals surface area (Å²) < 4.78 is 15.4. The van der Waals surface area contributed by atoms with Crippen LogP contribution in [0.1, 0.15) is 17.9 Å². The van der Waals surface area contributed by atoms with Gasteiger partial charge in [0, 0.05) is 18.4 Å². The fourth-order valence-corrected chi connectivity index (χ4v) is 3.62. The Bertz CT molecular complexity index is 574. The number of rotatable bonds is 6. The maximum absolute atomic E-state index is 12.4. The van der Waals surface area contributed by atoms with Crippen LogP contribution >= 0.6 is 11.8 Å². The van der Waals surface area contributed by atoms with Crippen molar-refractivity contribution in [1.29, 1.82) is 0 Å². The van der Waals surface area contributed by atoms with Crippen LogP contribution in [-0.4, -0.2) is 56.6 Å². The molecule has 1 aliphatic heterocycles. The van der Waals surface area contributed by atoms with Crippen LogP contribution in [-0.2, 0) is 9.53 Å². The summed E-state index contributed by atoms with van der Waals surface area (Å²) in [5.41, 5.74) is 0.917. The van der Waals surface area contributed by atoms with E-state index in [1.165, 1.54) is 0 Å². The number of esters is 1. The summed E-state index contributed by atoms with van der Waals surface area (Å²) in [6.45, 7) is 2.48. The van der Waals surface area contributed by atoms with Crippen LogP contribution in [0.5, 0.6) is 11.5 Å². The van der Waals surface area contributed by atoms with E-state index in [0.717, 1.165) is 11.3 Å². The third-order valence-electron chi connectivity index (χ3n) is 3.50. The molecule has 0 saturated carbocycles. The van der Waals surface area contributed by atoms with Gasteiger partial charge < -0.3 is 24.4 Å². The zero-order valence-electron chi connectivity index (χ0n) is 14.0. The second kappa shape index (κ2) is 8.68. The maximum Gasteiger partial charge on any atom is 0.325 e. The third-order valence-corrected chi connectivity index (χ3v) is 4.76. The molecule has 7 nitrogen and oxygen atoms in total. The molecule has 0 aromatic heterocycles. The molecule has 0 aliphatic carbocycles. The van der Waals surface area contributed by atoms with Crippen LogP contribution in [0.15, 0.2) is 18.2 Å². The van der Waals surface area contributed by atoms with E-state index in [1.54, 1.807) is 43.9 Å². The summed E-state index contributed by atoms with van der Waals surface area (Å²) in [6.07, 6.45) is 0. The molecule has 132 valence electrons. The maximum atomic E-state index is 12.4. The number of nitrogens with zero attached hydrogens (tertiary/aromatic N) is 1. The van der Waals surface area contributed by atoms with Crippen molar-refractivity contribution in [3.05, 3.63) is 23.8 Å². The number of carbonyl (C=O) groups is 2. The first-order valence-electron chi connectivity index (χ1n) is 7.63. The molecule has 1 saturated heterocycles. The molecule has 0 unspecified atom stereocenters. The summed E-state index contributed by atoms with van der Waals surface area (Å²) in [6, 6.07) is 5.27. The van der Waals surface area contributed by atoms with Crippen LogP contribution < -0.4 is 14.8 Å². The fraction of sp³-hybridized carbons (Fsp3) is 0.500. The molecule has 2 rings (SSSR count). The molecule has 1 aromatic carbocycles. The van der Waals surface area contributed by atoms with E-state index in [1.807, 2.05) is 12.1 Å². The molecule has 8 heteroatoms. The zero-order valence-corrected chi connectivity index (χ0v) is 14.9. The average molecular weight is 354 g/mol. The molecular weight excluding hydrogens is 332 g/mol. The highest BCUT2D eigenvalue weighted by atomic mass is 32.2. The molecule has 0 bridgehead atoms. The van der Waals surface area contributed by atoms with E-state index in [9.17, 15) is 9.59 Å². The molecule has 1 N–H and O–H groups in total. The molecule has 1 aromatic rings. The molecule has 24 heavy (non-hydrogen) atoms. The van der Waals surface area contributed by atoms with E-state index in [2.05, 4.69) is 5.32 Å². The number of thioether (sulfide) groups is 1. The molecule has 1 aliphatic rings. The lowest BCUT2D eigenvalue weighted by Gasteiger charge is -2.25. The molecule has 0 spiro atoms. The van der Waals surface area contributed by atoms with E-state index in [0.29, 0.717) is 24.7 Å². The number of ether oxygens (including phenoxy) is 3. The van der Waals surface area contributed by atoms with Crippen LogP contribution in [0, 0.1) is 0 Å². The SMILES string of the molecule is CCOC(=O)CNC(=O)N1CCS[C@H]1c1cc(OC)cc(OC)c1. The summed E-state index contributed by atoms with van der Waals surface area (Å²) in [5.74, 6) is 1.71. The van der Waals surface area contributed by atoms with Gasteiger partial charge >= 0.3 is 12.0 Å². The van der Waals surface area contributed by atoms with Gasteiger partial charge in [-0.25, -0.2) is 4.79 Å². The first-order valence-corrected chi connectivity index (χ1v) is 8.68. The Balaban J connectivity index is 2.09.